The quantitative estimate of drug-likeness (QED) is 0.579. The number of aliphatic hydroxyl groups excluding tert-OH is 1. The van der Waals surface area contributed by atoms with Crippen molar-refractivity contribution in [2.75, 3.05) is 26.2 Å². The lowest BCUT2D eigenvalue weighted by molar-refractivity contribution is 0.247. The summed E-state index contributed by atoms with van der Waals surface area (Å²) in [6.07, 6.45) is 1.75. The van der Waals surface area contributed by atoms with Crippen molar-refractivity contribution < 1.29 is 5.11 Å². The van der Waals surface area contributed by atoms with Gasteiger partial charge in [-0.15, -0.1) is 12.4 Å². The minimum Gasteiger partial charge on any atom is -0.395 e. The molecule has 0 spiro atoms. The van der Waals surface area contributed by atoms with Crippen LogP contribution in [-0.4, -0.2) is 42.7 Å². The molecule has 0 bridgehead atoms. The molecule has 1 aliphatic heterocycles. The van der Waals surface area contributed by atoms with E-state index in [4.69, 9.17) is 5.11 Å². The Labute approximate surface area is 66.3 Å². The number of hydrogen-bond acceptors (Lipinski definition) is 4. The third-order valence-electron chi connectivity index (χ3n) is 1.12. The van der Waals surface area contributed by atoms with Crippen molar-refractivity contribution in [2.24, 2.45) is 4.99 Å². The monoisotopic (exact) mass is 165 g/mol. The maximum Gasteiger partial charge on any atom is 0.0993 e. The third-order valence-corrected chi connectivity index (χ3v) is 1.12. The van der Waals surface area contributed by atoms with Crippen molar-refractivity contribution >= 4 is 18.7 Å². The van der Waals surface area contributed by atoms with E-state index in [1.807, 2.05) is 5.01 Å². The Morgan fingerprint density at radius 3 is 3.00 bits per heavy atom. The molecule has 10 heavy (non-hydrogen) atoms. The normalized spacial score (nSPS) is 15.5. The Morgan fingerprint density at radius 1 is 1.70 bits per heavy atom. The van der Waals surface area contributed by atoms with Crippen molar-refractivity contribution in [1.29, 1.82) is 0 Å². The molecule has 1 heterocycles. The van der Waals surface area contributed by atoms with Gasteiger partial charge in [0.25, 0.3) is 0 Å². The van der Waals surface area contributed by atoms with Crippen LogP contribution in [0.25, 0.3) is 0 Å². The van der Waals surface area contributed by atoms with Crippen LogP contribution >= 0.6 is 12.4 Å². The van der Waals surface area contributed by atoms with Crippen LogP contribution in [0.2, 0.25) is 0 Å². The lowest BCUT2D eigenvalue weighted by Crippen LogP contribution is -2.37. The summed E-state index contributed by atoms with van der Waals surface area (Å²) in [5.74, 6) is 0. The van der Waals surface area contributed by atoms with Gasteiger partial charge < -0.3 is 5.11 Å². The van der Waals surface area contributed by atoms with Crippen LogP contribution in [-0.2, 0) is 0 Å². The first-order valence-corrected chi connectivity index (χ1v) is 3.04. The molecule has 0 unspecified atom stereocenters. The molecule has 1 rings (SSSR count). The fourth-order valence-electron chi connectivity index (χ4n) is 0.693. The number of nitrogens with one attached hydrogen (secondary N) is 1. The van der Waals surface area contributed by atoms with Gasteiger partial charge in [0.1, 0.15) is 0 Å². The van der Waals surface area contributed by atoms with Gasteiger partial charge in [0.2, 0.25) is 0 Å². The van der Waals surface area contributed by atoms with Crippen LogP contribution in [0.1, 0.15) is 0 Å². The molecule has 0 saturated heterocycles. The van der Waals surface area contributed by atoms with Crippen LogP contribution in [0.3, 0.4) is 0 Å². The molecular weight excluding hydrogens is 154 g/mol. The number of aliphatic hydroxyl groups is 1. The SMILES string of the molecule is Cl.OCCNN1C=NCC1. The minimum atomic E-state index is 0. The van der Waals surface area contributed by atoms with E-state index >= 15 is 0 Å². The molecule has 0 amide bonds. The molecule has 1 aliphatic rings. The van der Waals surface area contributed by atoms with E-state index in [1.165, 1.54) is 0 Å². The van der Waals surface area contributed by atoms with Crippen LogP contribution in [0.5, 0.6) is 0 Å². The Kier molecular flexibility index (Phi) is 5.29. The Bertz CT molecular complexity index is 109. The van der Waals surface area contributed by atoms with Crippen molar-refractivity contribution in [3.63, 3.8) is 0 Å². The van der Waals surface area contributed by atoms with E-state index in [2.05, 4.69) is 10.4 Å². The summed E-state index contributed by atoms with van der Waals surface area (Å²) in [5.41, 5.74) is 2.97. The summed E-state index contributed by atoms with van der Waals surface area (Å²) in [5, 5.41) is 10.3. The Hall–Kier alpha value is -0.320. The summed E-state index contributed by atoms with van der Waals surface area (Å²) in [6, 6.07) is 0. The zero-order valence-electron chi connectivity index (χ0n) is 5.66. The van der Waals surface area contributed by atoms with Crippen LogP contribution in [0, 0.1) is 0 Å². The molecule has 0 aromatic rings. The van der Waals surface area contributed by atoms with E-state index in [-0.39, 0.29) is 19.0 Å². The van der Waals surface area contributed by atoms with Gasteiger partial charge in [-0.25, -0.2) is 5.43 Å². The molecule has 0 aliphatic carbocycles. The largest absolute Gasteiger partial charge is 0.395 e. The summed E-state index contributed by atoms with van der Waals surface area (Å²) < 4.78 is 0. The van der Waals surface area contributed by atoms with Crippen molar-refractivity contribution in [3.05, 3.63) is 0 Å². The highest BCUT2D eigenvalue weighted by Gasteiger charge is 2.01. The molecule has 2 N–H and O–H groups in total. The molecule has 0 fully saturated rings. The van der Waals surface area contributed by atoms with E-state index in [9.17, 15) is 0 Å². The van der Waals surface area contributed by atoms with E-state index in [0.717, 1.165) is 13.1 Å². The van der Waals surface area contributed by atoms with Crippen LogP contribution in [0.4, 0.5) is 0 Å². The summed E-state index contributed by atoms with van der Waals surface area (Å²) in [7, 11) is 0. The van der Waals surface area contributed by atoms with Gasteiger partial charge in [-0.05, 0) is 0 Å². The van der Waals surface area contributed by atoms with Crippen molar-refractivity contribution in [2.45, 2.75) is 0 Å². The standard InChI is InChI=1S/C5H11N3O.ClH/c9-4-2-7-8-3-1-6-5-8;/h5,7,9H,1-4H2;1H. The first-order valence-electron chi connectivity index (χ1n) is 3.04. The van der Waals surface area contributed by atoms with Gasteiger partial charge in [0.15, 0.2) is 0 Å². The van der Waals surface area contributed by atoms with E-state index in [1.54, 1.807) is 6.34 Å². The minimum absolute atomic E-state index is 0. The van der Waals surface area contributed by atoms with Crippen molar-refractivity contribution in [3.8, 4) is 0 Å². The molecule has 5 heteroatoms. The van der Waals surface area contributed by atoms with Gasteiger partial charge in [-0.3, -0.25) is 10.0 Å². The molecule has 0 aromatic heterocycles. The van der Waals surface area contributed by atoms with Crippen LogP contribution in [0.15, 0.2) is 4.99 Å². The first kappa shape index (κ1) is 9.68. The van der Waals surface area contributed by atoms with E-state index < -0.39 is 0 Å². The summed E-state index contributed by atoms with van der Waals surface area (Å²) >= 11 is 0. The zero-order valence-corrected chi connectivity index (χ0v) is 6.47. The second-order valence-corrected chi connectivity index (χ2v) is 1.85. The fourth-order valence-corrected chi connectivity index (χ4v) is 0.693. The van der Waals surface area contributed by atoms with Crippen molar-refractivity contribution in [1.82, 2.24) is 10.4 Å². The highest BCUT2D eigenvalue weighted by molar-refractivity contribution is 5.85. The number of hydrogen-bond donors (Lipinski definition) is 2. The second kappa shape index (κ2) is 5.46. The Balaban J connectivity index is 0.000000810. The second-order valence-electron chi connectivity index (χ2n) is 1.85. The maximum atomic E-state index is 8.39. The van der Waals surface area contributed by atoms with Gasteiger partial charge in [0, 0.05) is 6.54 Å². The average Bonchev–Trinajstić information content (AvgIpc) is 2.34. The molecule has 0 atom stereocenters. The van der Waals surface area contributed by atoms with E-state index in [0.29, 0.717) is 6.54 Å². The van der Waals surface area contributed by atoms with Gasteiger partial charge in [-0.2, -0.15) is 0 Å². The lowest BCUT2D eigenvalue weighted by Gasteiger charge is -2.13. The molecular formula is C5H12ClN3O. The third kappa shape index (κ3) is 3.00. The van der Waals surface area contributed by atoms with Gasteiger partial charge >= 0.3 is 0 Å². The molecule has 0 saturated carbocycles. The highest BCUT2D eigenvalue weighted by Crippen LogP contribution is 1.85. The first-order chi connectivity index (χ1) is 4.43. The highest BCUT2D eigenvalue weighted by atomic mass is 35.5. The average molecular weight is 166 g/mol. The Morgan fingerprint density at radius 2 is 2.50 bits per heavy atom. The molecule has 4 nitrogen and oxygen atoms in total. The fraction of sp³-hybridized carbons (Fsp3) is 0.800. The zero-order chi connectivity index (χ0) is 6.53. The van der Waals surface area contributed by atoms with Gasteiger partial charge in [0.05, 0.1) is 26.0 Å². The molecule has 60 valence electrons. The number of halogens is 1. The topological polar surface area (TPSA) is 47.9 Å². The number of aliphatic imine (C=N–C) groups is 1. The predicted molar refractivity (Wildman–Crippen MR) is 42.4 cm³/mol. The predicted octanol–water partition coefficient (Wildman–Crippen LogP) is -0.751. The summed E-state index contributed by atoms with van der Waals surface area (Å²) in [4.78, 5) is 3.97. The summed E-state index contributed by atoms with van der Waals surface area (Å²) in [6.45, 7) is 2.55. The lowest BCUT2D eigenvalue weighted by atomic mass is 10.7. The molecule has 0 aromatic carbocycles. The number of nitrogens with zero attached hydrogens (tertiary/aromatic N) is 2. The number of hydrazine groups is 1. The maximum absolute atomic E-state index is 8.39. The van der Waals surface area contributed by atoms with Gasteiger partial charge in [-0.1, -0.05) is 0 Å². The molecule has 0 radical (unpaired) electrons. The smallest absolute Gasteiger partial charge is 0.0993 e. The van der Waals surface area contributed by atoms with Crippen LogP contribution < -0.4 is 5.43 Å². The number of rotatable bonds is 3.